The summed E-state index contributed by atoms with van der Waals surface area (Å²) in [4.78, 5) is 12.2. The Balaban J connectivity index is 1.41. The van der Waals surface area contributed by atoms with E-state index in [0.29, 0.717) is 12.4 Å². The summed E-state index contributed by atoms with van der Waals surface area (Å²) < 4.78 is 16.4. The zero-order valence-electron chi connectivity index (χ0n) is 13.7. The zero-order valence-corrected chi connectivity index (χ0v) is 13.7. The lowest BCUT2D eigenvalue weighted by molar-refractivity contribution is -0.116. The molecule has 0 radical (unpaired) electrons. The molecule has 26 heavy (non-hydrogen) atoms. The fourth-order valence-electron chi connectivity index (χ4n) is 2.69. The van der Waals surface area contributed by atoms with Gasteiger partial charge in [0.2, 0.25) is 5.91 Å². The maximum absolute atomic E-state index is 13.2. The van der Waals surface area contributed by atoms with E-state index in [1.807, 2.05) is 30.3 Å². The lowest BCUT2D eigenvalue weighted by atomic mass is 10.2. The second kappa shape index (κ2) is 6.75. The molecule has 0 bridgehead atoms. The molecule has 0 saturated carbocycles. The van der Waals surface area contributed by atoms with Crippen LogP contribution in [0.4, 0.5) is 10.2 Å². The third-order valence-electron chi connectivity index (χ3n) is 3.86. The number of benzene rings is 2. The van der Waals surface area contributed by atoms with Crippen LogP contribution >= 0.6 is 0 Å². The van der Waals surface area contributed by atoms with Crippen molar-refractivity contribution in [3.05, 3.63) is 72.2 Å². The summed E-state index contributed by atoms with van der Waals surface area (Å²) in [5, 5.41) is 15.0. The van der Waals surface area contributed by atoms with Crippen LogP contribution in [0.25, 0.3) is 11.0 Å². The first-order chi connectivity index (χ1) is 12.7. The van der Waals surface area contributed by atoms with Gasteiger partial charge in [0.1, 0.15) is 17.9 Å². The summed E-state index contributed by atoms with van der Waals surface area (Å²) in [5.74, 6) is -0.115. The average molecular weight is 350 g/mol. The van der Waals surface area contributed by atoms with Gasteiger partial charge in [0.15, 0.2) is 5.82 Å². The highest BCUT2D eigenvalue weighted by Crippen LogP contribution is 2.11. The Labute approximate surface area is 148 Å². The number of halogens is 1. The molecule has 8 heteroatoms. The van der Waals surface area contributed by atoms with Crippen molar-refractivity contribution in [2.24, 2.45) is 0 Å². The van der Waals surface area contributed by atoms with Crippen LogP contribution in [0, 0.1) is 5.82 Å². The van der Waals surface area contributed by atoms with Gasteiger partial charge in [-0.05, 0) is 29.8 Å². The van der Waals surface area contributed by atoms with E-state index >= 15 is 0 Å². The molecule has 0 atom stereocenters. The van der Waals surface area contributed by atoms with Crippen LogP contribution in [0.15, 0.2) is 60.8 Å². The van der Waals surface area contributed by atoms with Crippen LogP contribution < -0.4 is 5.32 Å². The van der Waals surface area contributed by atoms with Crippen molar-refractivity contribution >= 4 is 22.8 Å². The van der Waals surface area contributed by atoms with Gasteiger partial charge in [-0.25, -0.2) is 9.07 Å². The lowest BCUT2D eigenvalue weighted by Gasteiger charge is -2.04. The molecule has 2 heterocycles. The van der Waals surface area contributed by atoms with Gasteiger partial charge in [-0.15, -0.1) is 5.10 Å². The first-order valence-electron chi connectivity index (χ1n) is 8.03. The number of nitrogens with zero attached hydrogens (tertiary/aromatic N) is 5. The number of amides is 1. The largest absolute Gasteiger partial charge is 0.308 e. The number of aromatic nitrogens is 5. The predicted octanol–water partition coefficient (Wildman–Crippen LogP) is 2.45. The minimum absolute atomic E-state index is 0.0390. The monoisotopic (exact) mass is 350 g/mol. The number of carbonyl (C=O) groups is 1. The Morgan fingerprint density at radius 2 is 2.00 bits per heavy atom. The molecule has 0 saturated heterocycles. The van der Waals surface area contributed by atoms with Crippen molar-refractivity contribution in [1.29, 1.82) is 0 Å². The number of para-hydroxylation sites is 1. The summed E-state index contributed by atoms with van der Waals surface area (Å²) >= 11 is 0. The summed E-state index contributed by atoms with van der Waals surface area (Å²) in [7, 11) is 0. The molecule has 2 aromatic carbocycles. The van der Waals surface area contributed by atoms with Crippen LogP contribution in [-0.4, -0.2) is 30.7 Å². The van der Waals surface area contributed by atoms with Gasteiger partial charge in [-0.1, -0.05) is 29.5 Å². The molecule has 2 aromatic heterocycles. The van der Waals surface area contributed by atoms with Gasteiger partial charge >= 0.3 is 0 Å². The SMILES string of the molecule is O=C(Cn1nnc2ccccc21)Nc1ccn(Cc2cccc(F)c2)n1. The molecular weight excluding hydrogens is 335 g/mol. The van der Waals surface area contributed by atoms with Gasteiger partial charge in [-0.3, -0.25) is 9.48 Å². The van der Waals surface area contributed by atoms with Crippen molar-refractivity contribution in [2.75, 3.05) is 5.32 Å². The summed E-state index contributed by atoms with van der Waals surface area (Å²) in [6, 6.07) is 15.4. The molecule has 130 valence electrons. The first-order valence-corrected chi connectivity index (χ1v) is 8.03. The van der Waals surface area contributed by atoms with Gasteiger partial charge < -0.3 is 5.32 Å². The summed E-state index contributed by atoms with van der Waals surface area (Å²) in [6.45, 7) is 0.457. The third kappa shape index (κ3) is 3.44. The van der Waals surface area contributed by atoms with Crippen LogP contribution in [0.2, 0.25) is 0 Å². The Morgan fingerprint density at radius 3 is 2.88 bits per heavy atom. The molecular formula is C18H15FN6O. The van der Waals surface area contributed by atoms with Gasteiger partial charge in [0, 0.05) is 12.3 Å². The van der Waals surface area contributed by atoms with E-state index in [-0.39, 0.29) is 18.3 Å². The minimum atomic E-state index is -0.289. The molecule has 4 aromatic rings. The number of carbonyl (C=O) groups excluding carboxylic acids is 1. The number of anilines is 1. The van der Waals surface area contributed by atoms with Crippen LogP contribution in [0.1, 0.15) is 5.56 Å². The van der Waals surface area contributed by atoms with Gasteiger partial charge in [0.25, 0.3) is 0 Å². The Morgan fingerprint density at radius 1 is 1.12 bits per heavy atom. The molecule has 0 aliphatic carbocycles. The normalized spacial score (nSPS) is 11.0. The Bertz CT molecular complexity index is 1070. The van der Waals surface area contributed by atoms with E-state index in [9.17, 15) is 9.18 Å². The van der Waals surface area contributed by atoms with Gasteiger partial charge in [0.05, 0.1) is 12.1 Å². The fraction of sp³-hybridized carbons (Fsp3) is 0.111. The van der Waals surface area contributed by atoms with Crippen LogP contribution in [-0.2, 0) is 17.9 Å². The second-order valence-corrected chi connectivity index (χ2v) is 5.81. The van der Waals surface area contributed by atoms with Crippen molar-refractivity contribution < 1.29 is 9.18 Å². The molecule has 0 spiro atoms. The van der Waals surface area contributed by atoms with Crippen molar-refractivity contribution in [1.82, 2.24) is 24.8 Å². The molecule has 0 aliphatic heterocycles. The molecule has 0 aliphatic rings. The van der Waals surface area contributed by atoms with E-state index in [1.165, 1.54) is 16.8 Å². The van der Waals surface area contributed by atoms with Gasteiger partial charge in [-0.2, -0.15) is 5.10 Å². The van der Waals surface area contributed by atoms with Crippen molar-refractivity contribution in [2.45, 2.75) is 13.1 Å². The highest BCUT2D eigenvalue weighted by Gasteiger charge is 2.10. The Kier molecular flexibility index (Phi) is 4.14. The minimum Gasteiger partial charge on any atom is -0.308 e. The highest BCUT2D eigenvalue weighted by atomic mass is 19.1. The molecule has 4 rings (SSSR count). The molecule has 1 amide bonds. The topological polar surface area (TPSA) is 77.6 Å². The standard InChI is InChI=1S/C18H15FN6O/c19-14-5-3-4-13(10-14)11-24-9-8-17(22-24)20-18(26)12-25-16-7-2-1-6-15(16)21-23-25/h1-10H,11-12H2,(H,20,22,26). The molecule has 1 N–H and O–H groups in total. The smallest absolute Gasteiger partial charge is 0.247 e. The number of hydrogen-bond donors (Lipinski definition) is 1. The number of fused-ring (bicyclic) bond motifs is 1. The highest BCUT2D eigenvalue weighted by molar-refractivity contribution is 5.90. The Hall–Kier alpha value is -3.55. The number of hydrogen-bond acceptors (Lipinski definition) is 4. The van der Waals surface area contributed by atoms with Crippen molar-refractivity contribution in [3.8, 4) is 0 Å². The molecule has 0 fully saturated rings. The van der Waals surface area contributed by atoms with Crippen LogP contribution in [0.5, 0.6) is 0 Å². The lowest BCUT2D eigenvalue weighted by Crippen LogP contribution is -2.20. The van der Waals surface area contributed by atoms with E-state index < -0.39 is 0 Å². The second-order valence-electron chi connectivity index (χ2n) is 5.81. The molecule has 0 unspecified atom stereocenters. The number of rotatable bonds is 5. The fourth-order valence-corrected chi connectivity index (χ4v) is 2.69. The first kappa shape index (κ1) is 15.9. The summed E-state index contributed by atoms with van der Waals surface area (Å²) in [5.41, 5.74) is 2.32. The van der Waals surface area contributed by atoms with E-state index in [2.05, 4.69) is 20.7 Å². The van der Waals surface area contributed by atoms with E-state index in [4.69, 9.17) is 0 Å². The van der Waals surface area contributed by atoms with Crippen molar-refractivity contribution in [3.63, 3.8) is 0 Å². The maximum atomic E-state index is 13.2. The van der Waals surface area contributed by atoms with E-state index in [0.717, 1.165) is 16.6 Å². The zero-order chi connectivity index (χ0) is 17.9. The van der Waals surface area contributed by atoms with E-state index in [1.54, 1.807) is 23.0 Å². The maximum Gasteiger partial charge on any atom is 0.247 e. The number of nitrogens with one attached hydrogen (secondary N) is 1. The summed E-state index contributed by atoms with van der Waals surface area (Å²) in [6.07, 6.45) is 1.73. The quantitative estimate of drug-likeness (QED) is 0.600. The van der Waals surface area contributed by atoms with Crippen LogP contribution in [0.3, 0.4) is 0 Å². The molecule has 7 nitrogen and oxygen atoms in total. The predicted molar refractivity (Wildman–Crippen MR) is 93.9 cm³/mol. The third-order valence-corrected chi connectivity index (χ3v) is 3.86. The average Bonchev–Trinajstić information content (AvgIpc) is 3.22.